The Morgan fingerprint density at radius 3 is 1.98 bits per heavy atom. The number of benzene rings is 3. The van der Waals surface area contributed by atoms with E-state index in [0.29, 0.717) is 11.1 Å². The molecule has 0 unspecified atom stereocenters. The molecular formula is C33H39FN6O6. The van der Waals surface area contributed by atoms with Gasteiger partial charge in [0.15, 0.2) is 0 Å². The van der Waals surface area contributed by atoms with Gasteiger partial charge in [-0.2, -0.15) is 0 Å². The number of amides is 5. The third kappa shape index (κ3) is 10.7. The molecule has 0 bridgehead atoms. The van der Waals surface area contributed by atoms with E-state index < -0.39 is 66.1 Å². The highest BCUT2D eigenvalue weighted by Crippen LogP contribution is 2.13. The van der Waals surface area contributed by atoms with Crippen LogP contribution in [0.5, 0.6) is 5.75 Å². The number of halogens is 1. The van der Waals surface area contributed by atoms with Gasteiger partial charge < -0.3 is 37.4 Å². The number of nitrogens with one attached hydrogen (secondary N) is 3. The number of hydrogen-bond acceptors (Lipinski definition) is 7. The maximum absolute atomic E-state index is 13.6. The molecule has 0 aliphatic heterocycles. The largest absolute Gasteiger partial charge is 0.508 e. The van der Waals surface area contributed by atoms with Crippen molar-refractivity contribution >= 4 is 29.5 Å². The van der Waals surface area contributed by atoms with Crippen molar-refractivity contribution in [1.29, 1.82) is 0 Å². The summed E-state index contributed by atoms with van der Waals surface area (Å²) in [5.74, 6) is -3.74. The van der Waals surface area contributed by atoms with Crippen LogP contribution in [0, 0.1) is 5.82 Å². The second kappa shape index (κ2) is 16.7. The van der Waals surface area contributed by atoms with Gasteiger partial charge in [-0.1, -0.05) is 54.6 Å². The fourth-order valence-electron chi connectivity index (χ4n) is 4.65. The third-order valence-electron chi connectivity index (χ3n) is 7.31. The van der Waals surface area contributed by atoms with Gasteiger partial charge in [-0.15, -0.1) is 0 Å². The second-order valence-electron chi connectivity index (χ2n) is 10.9. The second-order valence-corrected chi connectivity index (χ2v) is 10.9. The Bertz CT molecular complexity index is 1500. The van der Waals surface area contributed by atoms with Crippen LogP contribution in [0.4, 0.5) is 4.39 Å². The number of phenols is 1. The Kier molecular flexibility index (Phi) is 12.8. The Labute approximate surface area is 266 Å². The van der Waals surface area contributed by atoms with Crippen LogP contribution in [0.1, 0.15) is 23.6 Å². The van der Waals surface area contributed by atoms with E-state index in [-0.39, 0.29) is 25.0 Å². The normalized spacial score (nSPS) is 13.4. The predicted octanol–water partition coefficient (Wildman–Crippen LogP) is 0.305. The zero-order valence-corrected chi connectivity index (χ0v) is 25.6. The molecule has 3 aromatic carbocycles. The molecule has 8 N–H and O–H groups in total. The molecule has 0 aliphatic rings. The molecule has 0 heterocycles. The van der Waals surface area contributed by atoms with Crippen LogP contribution in [0.25, 0.3) is 0 Å². The van der Waals surface area contributed by atoms with E-state index in [2.05, 4.69) is 16.0 Å². The molecule has 0 spiro atoms. The van der Waals surface area contributed by atoms with Crippen molar-refractivity contribution in [3.63, 3.8) is 0 Å². The van der Waals surface area contributed by atoms with Gasteiger partial charge in [0.2, 0.25) is 29.5 Å². The van der Waals surface area contributed by atoms with Gasteiger partial charge in [0.05, 0.1) is 12.6 Å². The van der Waals surface area contributed by atoms with E-state index >= 15 is 0 Å². The first-order valence-corrected chi connectivity index (χ1v) is 14.6. The first kappa shape index (κ1) is 35.2. The van der Waals surface area contributed by atoms with E-state index in [1.54, 1.807) is 36.4 Å². The average molecular weight is 635 g/mol. The van der Waals surface area contributed by atoms with E-state index in [1.165, 1.54) is 55.3 Å². The van der Waals surface area contributed by atoms with Gasteiger partial charge in [-0.25, -0.2) is 4.39 Å². The fraction of sp³-hybridized carbons (Fsp3) is 0.303. The lowest BCUT2D eigenvalue weighted by atomic mass is 10.0. The summed E-state index contributed by atoms with van der Waals surface area (Å²) >= 11 is 0. The fourth-order valence-corrected chi connectivity index (χ4v) is 4.65. The molecule has 0 saturated carbocycles. The minimum absolute atomic E-state index is 0.0364. The summed E-state index contributed by atoms with van der Waals surface area (Å²) in [5.41, 5.74) is 13.6. The van der Waals surface area contributed by atoms with Gasteiger partial charge in [-0.05, 0) is 54.3 Å². The summed E-state index contributed by atoms with van der Waals surface area (Å²) in [6.07, 6.45) is 0.280. The Morgan fingerprint density at radius 1 is 0.804 bits per heavy atom. The van der Waals surface area contributed by atoms with E-state index in [4.69, 9.17) is 11.5 Å². The van der Waals surface area contributed by atoms with Crippen molar-refractivity contribution in [2.24, 2.45) is 11.5 Å². The number of aromatic hydroxyl groups is 1. The van der Waals surface area contributed by atoms with E-state index in [1.807, 2.05) is 6.07 Å². The summed E-state index contributed by atoms with van der Waals surface area (Å²) in [6.45, 7) is 0.893. The highest BCUT2D eigenvalue weighted by molar-refractivity contribution is 5.94. The predicted molar refractivity (Wildman–Crippen MR) is 168 cm³/mol. The molecule has 0 saturated heterocycles. The number of phenolic OH excluding ortho intramolecular Hbond substituents is 1. The molecule has 0 aromatic heterocycles. The molecule has 0 aliphatic carbocycles. The Balaban J connectivity index is 1.62. The molecule has 3 aromatic rings. The number of primary amides is 1. The molecule has 0 fully saturated rings. The molecule has 4 atom stereocenters. The van der Waals surface area contributed by atoms with Gasteiger partial charge in [-0.3, -0.25) is 24.0 Å². The molecule has 13 heteroatoms. The molecule has 46 heavy (non-hydrogen) atoms. The number of nitrogens with zero attached hydrogens (tertiary/aromatic N) is 1. The number of carbonyl (C=O) groups excluding carboxylic acids is 5. The lowest BCUT2D eigenvalue weighted by molar-refractivity contribution is -0.141. The maximum Gasteiger partial charge on any atom is 0.245 e. The zero-order valence-electron chi connectivity index (χ0n) is 25.6. The van der Waals surface area contributed by atoms with Crippen molar-refractivity contribution in [1.82, 2.24) is 20.9 Å². The van der Waals surface area contributed by atoms with Crippen molar-refractivity contribution in [3.8, 4) is 5.75 Å². The molecular weight excluding hydrogens is 595 g/mol. The molecule has 5 amide bonds. The number of rotatable bonds is 15. The third-order valence-corrected chi connectivity index (χ3v) is 7.31. The monoisotopic (exact) mass is 634 g/mol. The molecule has 12 nitrogen and oxygen atoms in total. The number of nitrogens with two attached hydrogens (primary N) is 2. The Hall–Kier alpha value is -5.30. The highest BCUT2D eigenvalue weighted by Gasteiger charge is 2.31. The summed E-state index contributed by atoms with van der Waals surface area (Å²) in [5, 5.41) is 16.9. The topological polar surface area (TPSA) is 197 Å². The highest BCUT2D eigenvalue weighted by atomic mass is 19.1. The number of hydrogen-bond donors (Lipinski definition) is 6. The molecule has 244 valence electrons. The lowest BCUT2D eigenvalue weighted by Gasteiger charge is -2.30. The minimum atomic E-state index is -1.19. The van der Waals surface area contributed by atoms with Crippen LogP contribution in [0.15, 0.2) is 78.9 Å². The summed E-state index contributed by atoms with van der Waals surface area (Å²) in [6, 6.07) is 16.3. The van der Waals surface area contributed by atoms with Crippen LogP contribution in [-0.2, 0) is 43.2 Å². The van der Waals surface area contributed by atoms with Gasteiger partial charge >= 0.3 is 0 Å². The van der Waals surface area contributed by atoms with E-state index in [0.717, 1.165) is 5.56 Å². The summed E-state index contributed by atoms with van der Waals surface area (Å²) < 4.78 is 13.5. The van der Waals surface area contributed by atoms with Crippen molar-refractivity contribution in [2.75, 3.05) is 13.6 Å². The lowest BCUT2D eigenvalue weighted by Crippen LogP contribution is -2.56. The Morgan fingerprint density at radius 2 is 1.37 bits per heavy atom. The van der Waals surface area contributed by atoms with Crippen molar-refractivity contribution in [3.05, 3.63) is 101 Å². The standard InChI is InChI=1S/C33H39FN6O6/c1-20(38-32(45)26(35)16-22-10-14-25(41)15-11-22)31(44)37-19-29(42)39-27(17-23-8-12-24(34)13-9-23)33(46)40(2)28(30(36)43)18-21-6-4-3-5-7-21/h3-15,20,26-28,41H,16-19,35H2,1-2H3,(H2,36,43)(H,37,44)(H,38,45)(H,39,42)/t20-,26+,27+,28+/m1/s1. The quantitative estimate of drug-likeness (QED) is 0.138. The summed E-state index contributed by atoms with van der Waals surface area (Å²) in [4.78, 5) is 65.3. The number of carbonyl (C=O) groups is 5. The van der Waals surface area contributed by atoms with Gasteiger partial charge in [0, 0.05) is 19.9 Å². The SMILES string of the molecule is C[C@@H](NC(=O)[C@@H](N)Cc1ccc(O)cc1)C(=O)NCC(=O)N[C@@H](Cc1ccc(F)cc1)C(=O)N(C)[C@@H](Cc1ccccc1)C(N)=O. The van der Waals surface area contributed by atoms with Crippen molar-refractivity contribution < 1.29 is 33.5 Å². The van der Waals surface area contributed by atoms with Gasteiger partial charge in [0.25, 0.3) is 0 Å². The van der Waals surface area contributed by atoms with Crippen LogP contribution in [0.3, 0.4) is 0 Å². The first-order valence-electron chi connectivity index (χ1n) is 14.6. The first-order chi connectivity index (χ1) is 21.8. The van der Waals surface area contributed by atoms with Crippen LogP contribution in [-0.4, -0.2) is 77.3 Å². The minimum Gasteiger partial charge on any atom is -0.508 e. The van der Waals surface area contributed by atoms with E-state index in [9.17, 15) is 33.5 Å². The van der Waals surface area contributed by atoms with Crippen LogP contribution < -0.4 is 27.4 Å². The van der Waals surface area contributed by atoms with Gasteiger partial charge in [0.1, 0.15) is 29.7 Å². The zero-order chi connectivity index (χ0) is 33.8. The molecule has 3 rings (SSSR count). The summed E-state index contributed by atoms with van der Waals surface area (Å²) in [7, 11) is 1.41. The van der Waals surface area contributed by atoms with Crippen LogP contribution in [0.2, 0.25) is 0 Å². The maximum atomic E-state index is 13.6. The average Bonchev–Trinajstić information content (AvgIpc) is 3.03. The van der Waals surface area contributed by atoms with Crippen molar-refractivity contribution in [2.45, 2.75) is 50.4 Å². The smallest absolute Gasteiger partial charge is 0.245 e. The number of likely N-dealkylation sites (N-methyl/N-ethyl adjacent to an activating group) is 1. The molecule has 0 radical (unpaired) electrons. The van der Waals surface area contributed by atoms with Crippen LogP contribution >= 0.6 is 0 Å².